The normalized spacial score (nSPS) is 15.2. The zero-order valence-electron chi connectivity index (χ0n) is 9.47. The molecule has 0 saturated heterocycles. The van der Waals surface area contributed by atoms with E-state index in [9.17, 15) is 4.39 Å². The molecule has 0 aliphatic heterocycles. The van der Waals surface area contributed by atoms with Gasteiger partial charge in [-0.1, -0.05) is 33.3 Å². The van der Waals surface area contributed by atoms with Crippen molar-refractivity contribution in [3.63, 3.8) is 0 Å². The van der Waals surface area contributed by atoms with Gasteiger partial charge in [-0.3, -0.25) is 0 Å². The summed E-state index contributed by atoms with van der Waals surface area (Å²) in [5, 5.41) is 0. The van der Waals surface area contributed by atoms with Crippen LogP contribution in [0.1, 0.15) is 44.2 Å². The third kappa shape index (κ3) is 2.34. The van der Waals surface area contributed by atoms with E-state index in [0.717, 1.165) is 12.0 Å². The molecule has 1 heteroatoms. The molecular formula is C13H19F. The Morgan fingerprint density at radius 1 is 1.29 bits per heavy atom. The molecular weight excluding hydrogens is 175 g/mol. The summed E-state index contributed by atoms with van der Waals surface area (Å²) >= 11 is 0. The Hall–Kier alpha value is -0.850. The molecule has 0 N–H and O–H groups in total. The van der Waals surface area contributed by atoms with E-state index in [1.165, 1.54) is 5.56 Å². The molecule has 0 heterocycles. The maximum Gasteiger partial charge on any atom is 0.123 e. The number of halogens is 1. The lowest BCUT2D eigenvalue weighted by Crippen LogP contribution is -2.06. The van der Waals surface area contributed by atoms with Crippen LogP contribution in [-0.2, 0) is 0 Å². The van der Waals surface area contributed by atoms with Crippen LogP contribution in [0.2, 0.25) is 0 Å². The van der Waals surface area contributed by atoms with Gasteiger partial charge in [-0.15, -0.1) is 0 Å². The van der Waals surface area contributed by atoms with Gasteiger partial charge in [0.05, 0.1) is 0 Å². The third-order valence-corrected chi connectivity index (χ3v) is 3.22. The van der Waals surface area contributed by atoms with Crippen LogP contribution < -0.4 is 0 Å². The van der Waals surface area contributed by atoms with Gasteiger partial charge in [-0.05, 0) is 42.0 Å². The van der Waals surface area contributed by atoms with E-state index in [2.05, 4.69) is 20.8 Å². The van der Waals surface area contributed by atoms with Crippen molar-refractivity contribution < 1.29 is 4.39 Å². The maximum absolute atomic E-state index is 12.9. The van der Waals surface area contributed by atoms with E-state index in [4.69, 9.17) is 0 Å². The molecule has 2 atom stereocenters. The van der Waals surface area contributed by atoms with Crippen molar-refractivity contribution in [1.82, 2.24) is 0 Å². The molecule has 1 aromatic carbocycles. The largest absolute Gasteiger partial charge is 0.207 e. The lowest BCUT2D eigenvalue weighted by atomic mass is 9.85. The second-order valence-electron chi connectivity index (χ2n) is 4.18. The Bertz CT molecular complexity index is 304. The number of aryl methyl sites for hydroxylation is 1. The molecule has 0 bridgehead atoms. The minimum absolute atomic E-state index is 0.136. The molecule has 1 aromatic rings. The summed E-state index contributed by atoms with van der Waals surface area (Å²) in [6.45, 7) is 8.64. The molecule has 14 heavy (non-hydrogen) atoms. The topological polar surface area (TPSA) is 0 Å². The fourth-order valence-corrected chi connectivity index (χ4v) is 1.81. The molecule has 2 unspecified atom stereocenters. The predicted octanol–water partition coefficient (Wildman–Crippen LogP) is 4.28. The molecule has 1 rings (SSSR count). The number of benzene rings is 1. The van der Waals surface area contributed by atoms with Crippen LogP contribution in [0, 0.1) is 18.7 Å². The van der Waals surface area contributed by atoms with Gasteiger partial charge in [-0.25, -0.2) is 4.39 Å². The average molecular weight is 194 g/mol. The Labute approximate surface area is 86.2 Å². The first-order valence-corrected chi connectivity index (χ1v) is 5.32. The molecule has 0 aromatic heterocycles. The summed E-state index contributed by atoms with van der Waals surface area (Å²) in [7, 11) is 0. The van der Waals surface area contributed by atoms with Crippen LogP contribution in [0.4, 0.5) is 4.39 Å². The quantitative estimate of drug-likeness (QED) is 0.673. The van der Waals surface area contributed by atoms with Crippen LogP contribution in [0.5, 0.6) is 0 Å². The summed E-state index contributed by atoms with van der Waals surface area (Å²) in [4.78, 5) is 0. The summed E-state index contributed by atoms with van der Waals surface area (Å²) < 4.78 is 12.9. The Balaban J connectivity index is 2.95. The smallest absolute Gasteiger partial charge is 0.123 e. The van der Waals surface area contributed by atoms with Crippen molar-refractivity contribution in [2.75, 3.05) is 0 Å². The third-order valence-electron chi connectivity index (χ3n) is 3.22. The predicted molar refractivity (Wildman–Crippen MR) is 59.0 cm³/mol. The van der Waals surface area contributed by atoms with Crippen LogP contribution in [0.3, 0.4) is 0 Å². The van der Waals surface area contributed by atoms with E-state index < -0.39 is 0 Å². The van der Waals surface area contributed by atoms with E-state index in [1.54, 1.807) is 12.1 Å². The van der Waals surface area contributed by atoms with E-state index in [0.29, 0.717) is 11.8 Å². The zero-order valence-corrected chi connectivity index (χ0v) is 9.47. The fraction of sp³-hybridized carbons (Fsp3) is 0.538. The molecule has 0 amide bonds. The first-order chi connectivity index (χ1) is 6.56. The number of rotatable bonds is 3. The molecule has 0 aliphatic carbocycles. The highest BCUT2D eigenvalue weighted by Crippen LogP contribution is 2.28. The average Bonchev–Trinajstić information content (AvgIpc) is 2.15. The highest BCUT2D eigenvalue weighted by molar-refractivity contribution is 5.29. The van der Waals surface area contributed by atoms with Gasteiger partial charge in [0.25, 0.3) is 0 Å². The summed E-state index contributed by atoms with van der Waals surface area (Å²) in [6.07, 6.45) is 1.16. The minimum Gasteiger partial charge on any atom is -0.207 e. The van der Waals surface area contributed by atoms with Crippen LogP contribution in [-0.4, -0.2) is 0 Å². The van der Waals surface area contributed by atoms with E-state index in [-0.39, 0.29) is 5.82 Å². The number of hydrogen-bond acceptors (Lipinski definition) is 0. The van der Waals surface area contributed by atoms with Gasteiger partial charge in [0.15, 0.2) is 0 Å². The Morgan fingerprint density at radius 3 is 2.43 bits per heavy atom. The number of hydrogen-bond donors (Lipinski definition) is 0. The SMILES string of the molecule is CCC(C)C(C)c1ccc(F)cc1C. The Morgan fingerprint density at radius 2 is 1.93 bits per heavy atom. The highest BCUT2D eigenvalue weighted by Gasteiger charge is 2.14. The van der Waals surface area contributed by atoms with Crippen LogP contribution in [0.15, 0.2) is 18.2 Å². The highest BCUT2D eigenvalue weighted by atomic mass is 19.1. The first-order valence-electron chi connectivity index (χ1n) is 5.32. The van der Waals surface area contributed by atoms with Gasteiger partial charge in [-0.2, -0.15) is 0 Å². The molecule has 0 spiro atoms. The van der Waals surface area contributed by atoms with Crippen molar-refractivity contribution in [1.29, 1.82) is 0 Å². The lowest BCUT2D eigenvalue weighted by Gasteiger charge is -2.20. The van der Waals surface area contributed by atoms with E-state index >= 15 is 0 Å². The Kier molecular flexibility index (Phi) is 3.68. The van der Waals surface area contributed by atoms with Crippen molar-refractivity contribution in [2.24, 2.45) is 5.92 Å². The summed E-state index contributed by atoms with van der Waals surface area (Å²) in [5.41, 5.74) is 2.35. The van der Waals surface area contributed by atoms with Gasteiger partial charge in [0.1, 0.15) is 5.82 Å². The second kappa shape index (κ2) is 4.59. The van der Waals surface area contributed by atoms with Gasteiger partial charge >= 0.3 is 0 Å². The monoisotopic (exact) mass is 194 g/mol. The second-order valence-corrected chi connectivity index (χ2v) is 4.18. The fourth-order valence-electron chi connectivity index (χ4n) is 1.81. The van der Waals surface area contributed by atoms with Crippen LogP contribution in [0.25, 0.3) is 0 Å². The molecule has 0 radical (unpaired) electrons. The molecule has 0 nitrogen and oxygen atoms in total. The lowest BCUT2D eigenvalue weighted by molar-refractivity contribution is 0.471. The summed E-state index contributed by atoms with van der Waals surface area (Å²) in [6, 6.07) is 5.09. The van der Waals surface area contributed by atoms with Crippen molar-refractivity contribution >= 4 is 0 Å². The summed E-state index contributed by atoms with van der Waals surface area (Å²) in [5.74, 6) is 1.03. The van der Waals surface area contributed by atoms with Gasteiger partial charge in [0, 0.05) is 0 Å². The first kappa shape index (κ1) is 11.2. The van der Waals surface area contributed by atoms with Crippen LogP contribution >= 0.6 is 0 Å². The molecule has 0 saturated carbocycles. The molecule has 0 aliphatic rings. The zero-order chi connectivity index (χ0) is 10.7. The van der Waals surface area contributed by atoms with Gasteiger partial charge < -0.3 is 0 Å². The van der Waals surface area contributed by atoms with Gasteiger partial charge in [0.2, 0.25) is 0 Å². The maximum atomic E-state index is 12.9. The van der Waals surface area contributed by atoms with Crippen molar-refractivity contribution in [3.8, 4) is 0 Å². The van der Waals surface area contributed by atoms with E-state index in [1.807, 2.05) is 13.0 Å². The molecule has 0 fully saturated rings. The molecule has 78 valence electrons. The minimum atomic E-state index is -0.136. The van der Waals surface area contributed by atoms with Crippen molar-refractivity contribution in [3.05, 3.63) is 35.1 Å². The van der Waals surface area contributed by atoms with Crippen molar-refractivity contribution in [2.45, 2.75) is 40.0 Å². The standard InChI is InChI=1S/C13H19F/c1-5-9(2)11(4)13-7-6-12(14)8-10(13)3/h6-9,11H,5H2,1-4H3.